The molecule has 0 N–H and O–H groups in total. The van der Waals surface area contributed by atoms with Gasteiger partial charge < -0.3 is 19.1 Å². The Bertz CT molecular complexity index is 603. The number of hydrogen-bond donors (Lipinski definition) is 0. The van der Waals surface area contributed by atoms with E-state index < -0.39 is 29.9 Å². The highest BCUT2D eigenvalue weighted by molar-refractivity contribution is 6.03. The molecule has 0 unspecified atom stereocenters. The number of nitrogens with zero attached hydrogens (tertiary/aromatic N) is 1. The highest BCUT2D eigenvalue weighted by atomic mass is 16.6. The molecule has 0 spiro atoms. The number of amides is 1. The van der Waals surface area contributed by atoms with Crippen LogP contribution in [0, 0.1) is 0 Å². The molecule has 1 aromatic carbocycles. The maximum atomic E-state index is 12.4. The molecule has 0 aromatic heterocycles. The van der Waals surface area contributed by atoms with Crippen LogP contribution in [0.4, 0.5) is 5.69 Å². The van der Waals surface area contributed by atoms with E-state index >= 15 is 0 Å². The molecule has 138 valence electrons. The molecule has 0 aliphatic heterocycles. The Hall–Kier alpha value is -2.57. The Morgan fingerprint density at radius 2 is 1.60 bits per heavy atom. The zero-order valence-electron chi connectivity index (χ0n) is 15.3. The van der Waals surface area contributed by atoms with E-state index in [9.17, 15) is 14.4 Å². The molecule has 7 nitrogen and oxygen atoms in total. The molecule has 0 bridgehead atoms. The normalized spacial score (nSPS) is 10.8. The number of hydrogen-bond acceptors (Lipinski definition) is 6. The Labute approximate surface area is 147 Å². The number of ether oxygens (including phenoxy) is 3. The van der Waals surface area contributed by atoms with Crippen molar-refractivity contribution in [3.05, 3.63) is 24.3 Å². The third kappa shape index (κ3) is 7.24. The van der Waals surface area contributed by atoms with Crippen molar-refractivity contribution in [1.82, 2.24) is 0 Å². The van der Waals surface area contributed by atoms with E-state index in [1.54, 1.807) is 45.0 Å². The van der Waals surface area contributed by atoms with Crippen molar-refractivity contribution in [1.29, 1.82) is 0 Å². The summed E-state index contributed by atoms with van der Waals surface area (Å²) in [6.45, 7) is 5.41. The van der Waals surface area contributed by atoms with Crippen LogP contribution >= 0.6 is 0 Å². The van der Waals surface area contributed by atoms with Gasteiger partial charge >= 0.3 is 11.9 Å². The number of carbonyl (C=O) groups is 3. The van der Waals surface area contributed by atoms with Gasteiger partial charge in [0.25, 0.3) is 0 Å². The van der Waals surface area contributed by atoms with E-state index in [1.165, 1.54) is 19.1 Å². The summed E-state index contributed by atoms with van der Waals surface area (Å²) in [4.78, 5) is 37.1. The van der Waals surface area contributed by atoms with E-state index in [0.717, 1.165) is 0 Å². The molecule has 0 aliphatic carbocycles. The minimum absolute atomic E-state index is 0.0101. The lowest BCUT2D eigenvalue weighted by Gasteiger charge is -2.24. The first kappa shape index (κ1) is 20.5. The second-order valence-electron chi connectivity index (χ2n) is 6.33. The Balaban J connectivity index is 2.88. The predicted octanol–water partition coefficient (Wildman–Crippen LogP) is 2.32. The van der Waals surface area contributed by atoms with E-state index in [1.807, 2.05) is 0 Å². The van der Waals surface area contributed by atoms with Crippen molar-refractivity contribution in [2.45, 2.75) is 39.2 Å². The predicted molar refractivity (Wildman–Crippen MR) is 92.4 cm³/mol. The number of benzene rings is 1. The first-order valence-electron chi connectivity index (χ1n) is 7.89. The summed E-state index contributed by atoms with van der Waals surface area (Å²) >= 11 is 0. The average molecular weight is 351 g/mol. The summed E-state index contributed by atoms with van der Waals surface area (Å²) in [7, 11) is 2.76. The van der Waals surface area contributed by atoms with Gasteiger partial charge in [-0.05, 0) is 45.0 Å². The van der Waals surface area contributed by atoms with Crippen LogP contribution in [0.2, 0.25) is 0 Å². The quantitative estimate of drug-likeness (QED) is 0.554. The Kier molecular flexibility index (Phi) is 7.42. The largest absolute Gasteiger partial charge is 0.497 e. The topological polar surface area (TPSA) is 82.1 Å². The van der Waals surface area contributed by atoms with Crippen LogP contribution in [0.1, 0.15) is 33.6 Å². The molecule has 0 heterocycles. The van der Waals surface area contributed by atoms with Crippen molar-refractivity contribution in [2.75, 3.05) is 25.7 Å². The van der Waals surface area contributed by atoms with Gasteiger partial charge in [0.1, 0.15) is 17.8 Å². The van der Waals surface area contributed by atoms with Gasteiger partial charge in [0, 0.05) is 12.2 Å². The van der Waals surface area contributed by atoms with Crippen molar-refractivity contribution in [3.63, 3.8) is 0 Å². The fraction of sp³-hybridized carbons (Fsp3) is 0.500. The van der Waals surface area contributed by atoms with Gasteiger partial charge in [-0.15, -0.1) is 0 Å². The van der Waals surface area contributed by atoms with Crippen LogP contribution in [0.5, 0.6) is 5.75 Å². The van der Waals surface area contributed by atoms with Crippen LogP contribution < -0.4 is 9.64 Å². The molecule has 0 atom stereocenters. The molecule has 0 fully saturated rings. The molecule has 0 saturated carbocycles. The molecule has 0 saturated heterocycles. The van der Waals surface area contributed by atoms with E-state index in [4.69, 9.17) is 9.47 Å². The van der Waals surface area contributed by atoms with Crippen molar-refractivity contribution in [2.24, 2.45) is 0 Å². The number of rotatable bonds is 7. The summed E-state index contributed by atoms with van der Waals surface area (Å²) in [6, 6.07) is 6.76. The highest BCUT2D eigenvalue weighted by Crippen LogP contribution is 2.21. The van der Waals surface area contributed by atoms with Crippen LogP contribution in [0.15, 0.2) is 24.3 Å². The summed E-state index contributed by atoms with van der Waals surface area (Å²) in [5, 5.41) is 0. The molecule has 0 aliphatic rings. The number of carbonyl (C=O) groups excluding carboxylic acids is 3. The van der Waals surface area contributed by atoms with Gasteiger partial charge in [-0.25, -0.2) is 0 Å². The zero-order valence-corrected chi connectivity index (χ0v) is 15.3. The maximum absolute atomic E-state index is 12.4. The standard InChI is InChI=1S/C18H25NO6/c1-18(2,3)25-16(21)10-11-19(15(20)12-17(22)24-5)13-6-8-14(23-4)9-7-13/h6-9H,10-12H2,1-5H3. The lowest BCUT2D eigenvalue weighted by Crippen LogP contribution is -2.35. The van der Waals surface area contributed by atoms with Gasteiger partial charge in [0.2, 0.25) is 5.91 Å². The molecule has 1 rings (SSSR count). The van der Waals surface area contributed by atoms with E-state index in [2.05, 4.69) is 4.74 Å². The first-order valence-corrected chi connectivity index (χ1v) is 7.89. The number of anilines is 1. The second kappa shape index (κ2) is 9.05. The summed E-state index contributed by atoms with van der Waals surface area (Å²) in [6.07, 6.45) is -0.396. The molecular weight excluding hydrogens is 326 g/mol. The fourth-order valence-corrected chi connectivity index (χ4v) is 2.05. The minimum Gasteiger partial charge on any atom is -0.497 e. The van der Waals surface area contributed by atoms with Gasteiger partial charge in [-0.2, -0.15) is 0 Å². The fourth-order valence-electron chi connectivity index (χ4n) is 2.05. The lowest BCUT2D eigenvalue weighted by molar-refractivity contribution is -0.154. The number of esters is 2. The smallest absolute Gasteiger partial charge is 0.315 e. The van der Waals surface area contributed by atoms with Crippen molar-refractivity contribution >= 4 is 23.5 Å². The van der Waals surface area contributed by atoms with Crippen LogP contribution in [0.3, 0.4) is 0 Å². The molecule has 25 heavy (non-hydrogen) atoms. The molecule has 7 heteroatoms. The average Bonchev–Trinajstić information content (AvgIpc) is 2.53. The maximum Gasteiger partial charge on any atom is 0.315 e. The summed E-state index contributed by atoms with van der Waals surface area (Å²) in [5.41, 5.74) is -0.0452. The third-order valence-corrected chi connectivity index (χ3v) is 3.17. The molecular formula is C18H25NO6. The van der Waals surface area contributed by atoms with Crippen LogP contribution in [-0.2, 0) is 23.9 Å². The first-order chi connectivity index (χ1) is 11.7. The number of methoxy groups -OCH3 is 2. The molecule has 1 aromatic rings. The molecule has 0 radical (unpaired) electrons. The van der Waals surface area contributed by atoms with Crippen LogP contribution in [-0.4, -0.2) is 44.2 Å². The molecule has 1 amide bonds. The van der Waals surface area contributed by atoms with E-state index in [-0.39, 0.29) is 13.0 Å². The SMILES string of the molecule is COC(=O)CC(=O)N(CCC(=O)OC(C)(C)C)c1ccc(OC)cc1. The van der Waals surface area contributed by atoms with Crippen molar-refractivity contribution in [3.8, 4) is 5.75 Å². The minimum atomic E-state index is -0.638. The second-order valence-corrected chi connectivity index (χ2v) is 6.33. The van der Waals surface area contributed by atoms with Gasteiger partial charge in [-0.3, -0.25) is 14.4 Å². The highest BCUT2D eigenvalue weighted by Gasteiger charge is 2.22. The van der Waals surface area contributed by atoms with Gasteiger partial charge in [0.05, 0.1) is 20.6 Å². The van der Waals surface area contributed by atoms with Crippen LogP contribution in [0.25, 0.3) is 0 Å². The summed E-state index contributed by atoms with van der Waals surface area (Å²) < 4.78 is 14.9. The summed E-state index contributed by atoms with van der Waals surface area (Å²) in [5.74, 6) is -0.880. The lowest BCUT2D eigenvalue weighted by atomic mass is 10.2. The third-order valence-electron chi connectivity index (χ3n) is 3.17. The van der Waals surface area contributed by atoms with Gasteiger partial charge in [0.15, 0.2) is 0 Å². The van der Waals surface area contributed by atoms with E-state index in [0.29, 0.717) is 11.4 Å². The monoisotopic (exact) mass is 351 g/mol. The van der Waals surface area contributed by atoms with Crippen molar-refractivity contribution < 1.29 is 28.6 Å². The zero-order chi connectivity index (χ0) is 19.0. The Morgan fingerprint density at radius 3 is 2.08 bits per heavy atom. The Morgan fingerprint density at radius 1 is 1.00 bits per heavy atom. The van der Waals surface area contributed by atoms with Gasteiger partial charge in [-0.1, -0.05) is 0 Å².